The average molecular weight is 223 g/mol. The molecular weight excluding hydrogens is 198 g/mol. The monoisotopic (exact) mass is 223 g/mol. The fourth-order valence-corrected chi connectivity index (χ4v) is 1.60. The summed E-state index contributed by atoms with van der Waals surface area (Å²) in [6, 6.07) is 0.326. The van der Waals surface area contributed by atoms with Gasteiger partial charge in [0.25, 0.3) is 0 Å². The maximum absolute atomic E-state index is 5.60. The van der Waals surface area contributed by atoms with Crippen LogP contribution in [0.1, 0.15) is 53.4 Å². The molecule has 0 aromatic carbocycles. The molecule has 92 valence electrons. The van der Waals surface area contributed by atoms with E-state index in [2.05, 4.69) is 44.8 Å². The molecule has 0 N–H and O–H groups in total. The molecule has 16 heavy (non-hydrogen) atoms. The highest BCUT2D eigenvalue weighted by atomic mass is 16.5. The van der Waals surface area contributed by atoms with E-state index >= 15 is 0 Å². The quantitative estimate of drug-likeness (QED) is 0.510. The maximum atomic E-state index is 5.60. The lowest BCUT2D eigenvalue weighted by Crippen LogP contribution is -2.25. The zero-order valence-electron chi connectivity index (χ0n) is 11.1. The van der Waals surface area contributed by atoms with Crippen LogP contribution in [0, 0.1) is 5.41 Å². The van der Waals surface area contributed by atoms with Crippen molar-refractivity contribution in [1.82, 2.24) is 0 Å². The van der Waals surface area contributed by atoms with E-state index in [1.807, 2.05) is 0 Å². The second kappa shape index (κ2) is 6.07. The molecule has 0 aromatic heterocycles. The van der Waals surface area contributed by atoms with Crippen molar-refractivity contribution in [3.05, 3.63) is 12.2 Å². The van der Waals surface area contributed by atoms with Gasteiger partial charge in [-0.25, -0.2) is 4.99 Å². The second-order valence-corrected chi connectivity index (χ2v) is 5.53. The van der Waals surface area contributed by atoms with Crippen LogP contribution in [0.3, 0.4) is 0 Å². The summed E-state index contributed by atoms with van der Waals surface area (Å²) in [6.07, 6.45) is 8.98. The molecular formula is C14H25NO. The smallest absolute Gasteiger partial charge is 0.187 e. The Morgan fingerprint density at radius 2 is 2.12 bits per heavy atom. The molecule has 0 spiro atoms. The highest BCUT2D eigenvalue weighted by molar-refractivity contribution is 5.79. The van der Waals surface area contributed by atoms with Crippen molar-refractivity contribution in [3.8, 4) is 0 Å². The van der Waals surface area contributed by atoms with Gasteiger partial charge in [0.2, 0.25) is 0 Å². The third kappa shape index (κ3) is 4.38. The van der Waals surface area contributed by atoms with Gasteiger partial charge in [-0.1, -0.05) is 52.7 Å². The number of hydrogen-bond acceptors (Lipinski definition) is 2. The van der Waals surface area contributed by atoms with Crippen molar-refractivity contribution in [2.24, 2.45) is 10.4 Å². The van der Waals surface area contributed by atoms with Gasteiger partial charge in [-0.3, -0.25) is 0 Å². The molecule has 1 aliphatic heterocycles. The van der Waals surface area contributed by atoms with E-state index in [1.54, 1.807) is 0 Å². The first-order valence-corrected chi connectivity index (χ1v) is 6.38. The van der Waals surface area contributed by atoms with Gasteiger partial charge in [0.1, 0.15) is 6.61 Å². The average Bonchev–Trinajstić information content (AvgIpc) is 2.65. The number of nitrogens with zero attached hydrogens (tertiary/aromatic N) is 1. The lowest BCUT2D eigenvalue weighted by atomic mass is 9.88. The Labute approximate surface area is 99.8 Å². The molecule has 0 saturated carbocycles. The van der Waals surface area contributed by atoms with Gasteiger partial charge in [0, 0.05) is 6.42 Å². The van der Waals surface area contributed by atoms with Crippen LogP contribution in [0.2, 0.25) is 0 Å². The molecule has 1 atom stereocenters. The lowest BCUT2D eigenvalue weighted by Gasteiger charge is -2.21. The molecule has 1 heterocycles. The van der Waals surface area contributed by atoms with Crippen molar-refractivity contribution in [2.75, 3.05) is 6.61 Å². The van der Waals surface area contributed by atoms with E-state index < -0.39 is 0 Å². The molecule has 0 radical (unpaired) electrons. The minimum atomic E-state index is 0.216. The highest BCUT2D eigenvalue weighted by Gasteiger charge is 2.29. The minimum absolute atomic E-state index is 0.216. The molecule has 0 unspecified atom stereocenters. The van der Waals surface area contributed by atoms with Gasteiger partial charge in [0.05, 0.1) is 6.04 Å². The Kier molecular flexibility index (Phi) is 5.04. The van der Waals surface area contributed by atoms with Crippen LogP contribution in [0.25, 0.3) is 0 Å². The van der Waals surface area contributed by atoms with Crippen molar-refractivity contribution in [1.29, 1.82) is 0 Å². The molecule has 1 aliphatic rings. The largest absolute Gasteiger partial charge is 0.478 e. The van der Waals surface area contributed by atoms with Gasteiger partial charge in [0.15, 0.2) is 5.90 Å². The number of unbranched alkanes of at least 4 members (excludes halogenated alkanes) is 2. The predicted octanol–water partition coefficient (Wildman–Crippen LogP) is 3.97. The Morgan fingerprint density at radius 1 is 1.38 bits per heavy atom. The predicted molar refractivity (Wildman–Crippen MR) is 69.9 cm³/mol. The van der Waals surface area contributed by atoms with Crippen molar-refractivity contribution < 1.29 is 4.74 Å². The van der Waals surface area contributed by atoms with Gasteiger partial charge in [-0.2, -0.15) is 0 Å². The normalized spacial score (nSPS) is 21.2. The van der Waals surface area contributed by atoms with E-state index in [0.717, 1.165) is 18.9 Å². The molecule has 2 nitrogen and oxygen atoms in total. The summed E-state index contributed by atoms with van der Waals surface area (Å²) < 4.78 is 5.60. The first-order valence-electron chi connectivity index (χ1n) is 6.38. The molecule has 0 saturated heterocycles. The van der Waals surface area contributed by atoms with E-state index in [-0.39, 0.29) is 5.41 Å². The zero-order valence-corrected chi connectivity index (χ0v) is 11.1. The summed E-state index contributed by atoms with van der Waals surface area (Å²) in [5.41, 5.74) is 0.216. The minimum Gasteiger partial charge on any atom is -0.478 e. The third-order valence-corrected chi connectivity index (χ3v) is 2.89. The molecule has 0 bridgehead atoms. The maximum Gasteiger partial charge on any atom is 0.187 e. The Balaban J connectivity index is 2.32. The number of hydrogen-bond donors (Lipinski definition) is 0. The van der Waals surface area contributed by atoms with Crippen LogP contribution in [-0.2, 0) is 4.74 Å². The van der Waals surface area contributed by atoms with Crippen LogP contribution < -0.4 is 0 Å². The highest BCUT2D eigenvalue weighted by Crippen LogP contribution is 2.26. The van der Waals surface area contributed by atoms with Crippen molar-refractivity contribution >= 4 is 5.90 Å². The standard InChI is InChI=1S/C14H25NO/c1-5-6-7-8-9-10-13-15-12(11-16-13)14(2,3)4/h8-9,12H,5-7,10-11H2,1-4H3/b9-8+/t12-/m1/s1. The van der Waals surface area contributed by atoms with E-state index in [9.17, 15) is 0 Å². The summed E-state index contributed by atoms with van der Waals surface area (Å²) in [5, 5.41) is 0. The van der Waals surface area contributed by atoms with Crippen LogP contribution in [0.15, 0.2) is 17.1 Å². The van der Waals surface area contributed by atoms with E-state index in [1.165, 1.54) is 19.3 Å². The van der Waals surface area contributed by atoms with Gasteiger partial charge >= 0.3 is 0 Å². The van der Waals surface area contributed by atoms with Crippen molar-refractivity contribution in [3.63, 3.8) is 0 Å². The lowest BCUT2D eigenvalue weighted by molar-refractivity contribution is 0.234. The van der Waals surface area contributed by atoms with Crippen LogP contribution in [-0.4, -0.2) is 18.5 Å². The second-order valence-electron chi connectivity index (χ2n) is 5.53. The molecule has 0 aromatic rings. The summed E-state index contributed by atoms with van der Waals surface area (Å²) >= 11 is 0. The first-order chi connectivity index (χ1) is 7.54. The van der Waals surface area contributed by atoms with Crippen LogP contribution in [0.4, 0.5) is 0 Å². The summed E-state index contributed by atoms with van der Waals surface area (Å²) in [5.74, 6) is 0.910. The molecule has 1 rings (SSSR count). The van der Waals surface area contributed by atoms with Crippen LogP contribution in [0.5, 0.6) is 0 Å². The van der Waals surface area contributed by atoms with E-state index in [0.29, 0.717) is 6.04 Å². The fraction of sp³-hybridized carbons (Fsp3) is 0.786. The molecule has 0 fully saturated rings. The van der Waals surface area contributed by atoms with Crippen molar-refractivity contribution in [2.45, 2.75) is 59.4 Å². The number of rotatable bonds is 5. The summed E-state index contributed by atoms with van der Waals surface area (Å²) in [6.45, 7) is 9.60. The Hall–Kier alpha value is -0.790. The Bertz CT molecular complexity index is 260. The Morgan fingerprint density at radius 3 is 2.69 bits per heavy atom. The first kappa shape index (κ1) is 13.3. The topological polar surface area (TPSA) is 21.6 Å². The third-order valence-electron chi connectivity index (χ3n) is 2.89. The fourth-order valence-electron chi connectivity index (χ4n) is 1.60. The number of ether oxygens (including phenoxy) is 1. The molecule has 2 heteroatoms. The van der Waals surface area contributed by atoms with Crippen LogP contribution >= 0.6 is 0 Å². The van der Waals surface area contributed by atoms with E-state index in [4.69, 9.17) is 4.74 Å². The molecule has 0 amide bonds. The number of aliphatic imine (C=N–C) groups is 1. The zero-order chi connectivity index (χ0) is 12.0. The summed E-state index contributed by atoms with van der Waals surface area (Å²) in [7, 11) is 0. The summed E-state index contributed by atoms with van der Waals surface area (Å²) in [4.78, 5) is 4.62. The number of allylic oxidation sites excluding steroid dienone is 1. The SMILES string of the molecule is CCCC/C=C/CC1=N[C@@H](C(C)(C)C)CO1. The molecule has 0 aliphatic carbocycles. The van der Waals surface area contributed by atoms with Gasteiger partial charge in [-0.15, -0.1) is 0 Å². The van der Waals surface area contributed by atoms with Gasteiger partial charge < -0.3 is 4.74 Å². The van der Waals surface area contributed by atoms with Gasteiger partial charge in [-0.05, 0) is 11.8 Å².